The molecule has 1 aromatic carbocycles. The summed E-state index contributed by atoms with van der Waals surface area (Å²) in [5.41, 5.74) is 2.42. The number of benzene rings is 1. The highest BCUT2D eigenvalue weighted by atomic mass is 32.2. The van der Waals surface area contributed by atoms with Crippen molar-refractivity contribution in [3.8, 4) is 0 Å². The third-order valence-corrected chi connectivity index (χ3v) is 6.26. The van der Waals surface area contributed by atoms with Crippen LogP contribution in [0.1, 0.15) is 35.9 Å². The normalized spacial score (nSPS) is 15.3. The maximum atomic E-state index is 12.6. The van der Waals surface area contributed by atoms with Crippen LogP contribution in [0.2, 0.25) is 0 Å². The zero-order valence-electron chi connectivity index (χ0n) is 16.3. The number of fused-ring (bicyclic) bond motifs is 1. The van der Waals surface area contributed by atoms with E-state index in [2.05, 4.69) is 9.88 Å². The van der Waals surface area contributed by atoms with E-state index in [1.54, 1.807) is 36.1 Å². The van der Waals surface area contributed by atoms with Gasteiger partial charge in [-0.25, -0.2) is 13.1 Å². The van der Waals surface area contributed by atoms with Gasteiger partial charge in [-0.3, -0.25) is 4.79 Å². The van der Waals surface area contributed by atoms with Crippen molar-refractivity contribution in [3.63, 3.8) is 0 Å². The predicted molar refractivity (Wildman–Crippen MR) is 102 cm³/mol. The summed E-state index contributed by atoms with van der Waals surface area (Å²) in [6, 6.07) is 6.71. The molecule has 9 heteroatoms. The summed E-state index contributed by atoms with van der Waals surface area (Å²) in [4.78, 5) is 14.5. The van der Waals surface area contributed by atoms with E-state index in [0.29, 0.717) is 37.4 Å². The summed E-state index contributed by atoms with van der Waals surface area (Å²) in [6.07, 6.45) is 0.783. The van der Waals surface area contributed by atoms with E-state index in [4.69, 9.17) is 9.26 Å². The highest BCUT2D eigenvalue weighted by Crippen LogP contribution is 2.23. The van der Waals surface area contributed by atoms with Crippen LogP contribution in [0.4, 0.5) is 0 Å². The summed E-state index contributed by atoms with van der Waals surface area (Å²) in [5.74, 6) is 0.595. The fourth-order valence-electron chi connectivity index (χ4n) is 3.28. The van der Waals surface area contributed by atoms with Crippen LogP contribution >= 0.6 is 0 Å². The number of aryl methyl sites for hydroxylation is 1. The molecule has 152 valence electrons. The number of rotatable bonds is 7. The number of hydrogen-bond donors (Lipinski definition) is 1. The van der Waals surface area contributed by atoms with Crippen LogP contribution in [0.3, 0.4) is 0 Å². The summed E-state index contributed by atoms with van der Waals surface area (Å²) in [5, 5.41) is 3.79. The lowest BCUT2D eigenvalue weighted by atomic mass is 9.99. The van der Waals surface area contributed by atoms with E-state index in [1.807, 2.05) is 6.92 Å². The molecule has 0 radical (unpaired) electrons. The highest BCUT2D eigenvalue weighted by Gasteiger charge is 2.27. The molecule has 1 N–H and O–H groups in total. The number of hydrogen-bond acceptors (Lipinski definition) is 6. The lowest BCUT2D eigenvalue weighted by Crippen LogP contribution is -2.42. The number of amides is 1. The molecule has 0 spiro atoms. The Morgan fingerprint density at radius 2 is 2.14 bits per heavy atom. The van der Waals surface area contributed by atoms with Crippen molar-refractivity contribution in [2.45, 2.75) is 50.8 Å². The Balaban J connectivity index is 1.71. The molecule has 3 rings (SSSR count). The molecular weight excluding hydrogens is 382 g/mol. The van der Waals surface area contributed by atoms with Crippen molar-refractivity contribution in [2.24, 2.45) is 0 Å². The quantitative estimate of drug-likeness (QED) is 0.751. The average Bonchev–Trinajstić information content (AvgIpc) is 3.12. The molecular formula is C19H25N3O5S. The van der Waals surface area contributed by atoms with Gasteiger partial charge in [-0.2, -0.15) is 0 Å². The third kappa shape index (κ3) is 4.43. The minimum atomic E-state index is -3.67. The van der Waals surface area contributed by atoms with Crippen molar-refractivity contribution in [1.29, 1.82) is 0 Å². The summed E-state index contributed by atoms with van der Waals surface area (Å²) < 4.78 is 37.9. The summed E-state index contributed by atoms with van der Waals surface area (Å²) >= 11 is 0. The molecule has 0 fully saturated rings. The monoisotopic (exact) mass is 407 g/mol. The molecule has 8 nitrogen and oxygen atoms in total. The summed E-state index contributed by atoms with van der Waals surface area (Å²) in [6.45, 7) is 4.72. The molecule has 1 aromatic heterocycles. The predicted octanol–water partition coefficient (Wildman–Crippen LogP) is 1.77. The zero-order valence-corrected chi connectivity index (χ0v) is 17.1. The van der Waals surface area contributed by atoms with Gasteiger partial charge in [-0.1, -0.05) is 18.1 Å². The van der Waals surface area contributed by atoms with E-state index in [1.165, 1.54) is 7.11 Å². The van der Waals surface area contributed by atoms with Crippen molar-refractivity contribution in [3.05, 3.63) is 46.8 Å². The number of methoxy groups -OCH3 is 1. The SMILES string of the molecule is CCC(OC)C(=O)N1CCc2cc(S(=O)(=O)NCc3cc(C)on3)ccc2C1. The lowest BCUT2D eigenvalue weighted by molar-refractivity contribution is -0.143. The molecule has 2 aromatic rings. The first-order valence-corrected chi connectivity index (χ1v) is 10.7. The minimum Gasteiger partial charge on any atom is -0.372 e. The van der Waals surface area contributed by atoms with Gasteiger partial charge >= 0.3 is 0 Å². The minimum absolute atomic E-state index is 0.0306. The van der Waals surface area contributed by atoms with Gasteiger partial charge in [0.05, 0.1) is 17.1 Å². The number of carbonyl (C=O) groups is 1. The van der Waals surface area contributed by atoms with Crippen LogP contribution in [-0.4, -0.2) is 44.1 Å². The number of aromatic nitrogens is 1. The molecule has 0 saturated carbocycles. The Morgan fingerprint density at radius 1 is 1.36 bits per heavy atom. The van der Waals surface area contributed by atoms with E-state index in [-0.39, 0.29) is 17.3 Å². The van der Waals surface area contributed by atoms with Crippen LogP contribution in [0.25, 0.3) is 0 Å². The molecule has 1 aliphatic heterocycles. The average molecular weight is 407 g/mol. The molecule has 1 unspecified atom stereocenters. The van der Waals surface area contributed by atoms with Gasteiger partial charge in [0, 0.05) is 26.3 Å². The summed E-state index contributed by atoms with van der Waals surface area (Å²) in [7, 11) is -2.13. The molecule has 1 amide bonds. The second kappa shape index (κ2) is 8.42. The van der Waals surface area contributed by atoms with Gasteiger partial charge in [0.25, 0.3) is 5.91 Å². The standard InChI is InChI=1S/C19H25N3O5S/c1-4-18(26-3)19(23)22-8-7-14-10-17(6-5-15(14)12-22)28(24,25)20-11-16-9-13(2)27-21-16/h5-6,9-10,18,20H,4,7-8,11-12H2,1-3H3. The number of carbonyl (C=O) groups excluding carboxylic acids is 1. The number of nitrogens with one attached hydrogen (secondary N) is 1. The van der Waals surface area contributed by atoms with Crippen LogP contribution < -0.4 is 4.72 Å². The second-order valence-corrected chi connectivity index (χ2v) is 8.59. The molecule has 2 heterocycles. The molecule has 1 aliphatic rings. The van der Waals surface area contributed by atoms with Crippen LogP contribution in [0.15, 0.2) is 33.7 Å². The smallest absolute Gasteiger partial charge is 0.251 e. The molecule has 0 bridgehead atoms. The number of ether oxygens (including phenoxy) is 1. The lowest BCUT2D eigenvalue weighted by Gasteiger charge is -2.31. The second-order valence-electron chi connectivity index (χ2n) is 6.83. The molecule has 0 aliphatic carbocycles. The Labute approximate surface area is 164 Å². The zero-order chi connectivity index (χ0) is 20.3. The Bertz CT molecular complexity index is 950. The van der Waals surface area contributed by atoms with E-state index < -0.39 is 16.1 Å². The van der Waals surface area contributed by atoms with Gasteiger partial charge in [0.2, 0.25) is 10.0 Å². The largest absolute Gasteiger partial charge is 0.372 e. The topological polar surface area (TPSA) is 102 Å². The van der Waals surface area contributed by atoms with Crippen LogP contribution in [0, 0.1) is 6.92 Å². The van der Waals surface area contributed by atoms with Crippen molar-refractivity contribution < 1.29 is 22.5 Å². The first-order valence-electron chi connectivity index (χ1n) is 9.19. The van der Waals surface area contributed by atoms with Gasteiger partial charge in [0.15, 0.2) is 0 Å². The maximum absolute atomic E-state index is 12.6. The van der Waals surface area contributed by atoms with Gasteiger partial charge in [-0.15, -0.1) is 0 Å². The van der Waals surface area contributed by atoms with Gasteiger partial charge in [0.1, 0.15) is 11.9 Å². The fourth-order valence-corrected chi connectivity index (χ4v) is 4.33. The van der Waals surface area contributed by atoms with Crippen molar-refractivity contribution in [2.75, 3.05) is 13.7 Å². The van der Waals surface area contributed by atoms with Crippen molar-refractivity contribution in [1.82, 2.24) is 14.8 Å². The highest BCUT2D eigenvalue weighted by molar-refractivity contribution is 7.89. The van der Waals surface area contributed by atoms with Crippen LogP contribution in [-0.2, 0) is 39.1 Å². The van der Waals surface area contributed by atoms with Crippen molar-refractivity contribution >= 4 is 15.9 Å². The van der Waals surface area contributed by atoms with E-state index in [9.17, 15) is 13.2 Å². The number of sulfonamides is 1. The Hall–Kier alpha value is -2.23. The maximum Gasteiger partial charge on any atom is 0.251 e. The van der Waals surface area contributed by atoms with E-state index in [0.717, 1.165) is 11.1 Å². The fraction of sp³-hybridized carbons (Fsp3) is 0.474. The number of nitrogens with zero attached hydrogens (tertiary/aromatic N) is 2. The molecule has 28 heavy (non-hydrogen) atoms. The first kappa shape index (κ1) is 20.5. The molecule has 1 atom stereocenters. The Kier molecular flexibility index (Phi) is 6.17. The van der Waals surface area contributed by atoms with Gasteiger partial charge < -0.3 is 14.2 Å². The first-order chi connectivity index (χ1) is 13.3. The third-order valence-electron chi connectivity index (χ3n) is 4.86. The Morgan fingerprint density at radius 3 is 2.79 bits per heavy atom. The van der Waals surface area contributed by atoms with Crippen LogP contribution in [0.5, 0.6) is 0 Å². The van der Waals surface area contributed by atoms with Gasteiger partial charge in [-0.05, 0) is 43.0 Å². The van der Waals surface area contributed by atoms with E-state index >= 15 is 0 Å². The molecule has 0 saturated heterocycles.